The van der Waals surface area contributed by atoms with Gasteiger partial charge in [-0.2, -0.15) is 0 Å². The van der Waals surface area contributed by atoms with E-state index in [9.17, 15) is 14.4 Å². The Morgan fingerprint density at radius 3 is 1.67 bits per heavy atom. The van der Waals surface area contributed by atoms with E-state index < -0.39 is 7.82 Å². The Kier molecular flexibility index (Phi) is 38.2. The molecule has 0 saturated heterocycles. The summed E-state index contributed by atoms with van der Waals surface area (Å²) < 4.78 is 13.5. The fourth-order valence-corrected chi connectivity index (χ4v) is 0.609. The van der Waals surface area contributed by atoms with E-state index in [0.717, 1.165) is 0 Å². The van der Waals surface area contributed by atoms with Gasteiger partial charge >= 0.3 is 46.1 Å². The summed E-state index contributed by atoms with van der Waals surface area (Å²) in [5.41, 5.74) is 0. The van der Waals surface area contributed by atoms with Crippen molar-refractivity contribution in [3.8, 4) is 0 Å². The molecule has 0 aromatic heterocycles. The summed E-state index contributed by atoms with van der Waals surface area (Å²) in [6.07, 6.45) is 0.536. The van der Waals surface area contributed by atoms with E-state index >= 15 is 0 Å². The molecular weight excluding hydrogens is 251 g/mol. The Balaban J connectivity index is -0.0000000408. The molecule has 0 heterocycles. The molecule has 0 saturated carbocycles. The summed E-state index contributed by atoms with van der Waals surface area (Å²) in [5, 5.41) is 0. The third kappa shape index (κ3) is 29.5. The predicted octanol–water partition coefficient (Wildman–Crippen LogP) is -7.51. The number of phosphoric acid groups is 1. The van der Waals surface area contributed by atoms with E-state index in [-0.39, 0.29) is 77.5 Å². The third-order valence-electron chi connectivity index (χ3n) is 0.454. The van der Waals surface area contributed by atoms with Gasteiger partial charge in [-0.1, -0.05) is 6.92 Å². The maximum atomic E-state index is 9.64. The van der Waals surface area contributed by atoms with Gasteiger partial charge in [-0.15, -0.1) is 0 Å². The number of halogens is 2. The third-order valence-corrected chi connectivity index (χ3v) is 0.952. The van der Waals surface area contributed by atoms with Crippen LogP contribution >= 0.6 is 7.82 Å². The van der Waals surface area contributed by atoms with E-state index in [1.54, 1.807) is 6.92 Å². The standard InChI is InChI=1S/C3H9O4P.2ClH.2Mg/c1-2-3-7-8(4,5)6;;;;/h2-3H2,1H3,(H2,4,5,6);2*1H;;/q;;;2*+2/p-4. The summed E-state index contributed by atoms with van der Waals surface area (Å²) in [5.74, 6) is 0. The van der Waals surface area contributed by atoms with Crippen molar-refractivity contribution < 1.29 is 43.7 Å². The van der Waals surface area contributed by atoms with Crippen molar-refractivity contribution in [1.82, 2.24) is 0 Å². The summed E-state index contributed by atoms with van der Waals surface area (Å²) in [4.78, 5) is 19.3. The van der Waals surface area contributed by atoms with Crippen molar-refractivity contribution in [2.45, 2.75) is 13.3 Å². The van der Waals surface area contributed by atoms with Crippen LogP contribution in [-0.2, 0) is 9.09 Å². The van der Waals surface area contributed by atoms with Gasteiger partial charge in [0.2, 0.25) is 0 Å². The van der Waals surface area contributed by atoms with Gasteiger partial charge in [0, 0.05) is 0 Å². The normalized spacial score (nSPS) is 7.92. The fraction of sp³-hybridized carbons (Fsp3) is 1.00. The number of phosphoric ester groups is 1. The molecular formula is C3H7Cl2Mg2O4P. The van der Waals surface area contributed by atoms with Crippen LogP contribution in [0.1, 0.15) is 13.3 Å². The van der Waals surface area contributed by atoms with Gasteiger partial charge in [0.25, 0.3) is 0 Å². The topological polar surface area (TPSA) is 72.4 Å². The molecule has 0 N–H and O–H groups in total. The smallest absolute Gasteiger partial charge is 1.00 e. The Hall–Kier alpha value is 2.22. The summed E-state index contributed by atoms with van der Waals surface area (Å²) in [6.45, 7) is 1.71. The van der Waals surface area contributed by atoms with Crippen LogP contribution in [0, 0.1) is 0 Å². The minimum absolute atomic E-state index is 0. The van der Waals surface area contributed by atoms with E-state index in [2.05, 4.69) is 4.52 Å². The molecule has 9 heteroatoms. The summed E-state index contributed by atoms with van der Waals surface area (Å²) in [7, 11) is -4.68. The van der Waals surface area contributed by atoms with Gasteiger partial charge in [-0.25, -0.2) is 0 Å². The Labute approximate surface area is 117 Å². The van der Waals surface area contributed by atoms with Crippen LogP contribution in [0.25, 0.3) is 0 Å². The molecule has 12 heavy (non-hydrogen) atoms. The molecule has 0 bridgehead atoms. The second-order valence-corrected chi connectivity index (χ2v) is 2.43. The van der Waals surface area contributed by atoms with Crippen molar-refractivity contribution in [3.05, 3.63) is 0 Å². The number of hydrogen-bond donors (Lipinski definition) is 0. The maximum Gasteiger partial charge on any atom is 2.00 e. The quantitative estimate of drug-likeness (QED) is 0.372. The Bertz CT molecular complexity index is 110. The van der Waals surface area contributed by atoms with Gasteiger partial charge in [0.1, 0.15) is 0 Å². The molecule has 0 aromatic carbocycles. The molecule has 0 aliphatic heterocycles. The van der Waals surface area contributed by atoms with E-state index in [1.165, 1.54) is 0 Å². The van der Waals surface area contributed by atoms with Crippen molar-refractivity contribution in [1.29, 1.82) is 0 Å². The first-order valence-corrected chi connectivity index (χ1v) is 3.69. The fourth-order valence-electron chi connectivity index (χ4n) is 0.203. The molecule has 0 atom stereocenters. The van der Waals surface area contributed by atoms with Crippen LogP contribution in [0.4, 0.5) is 0 Å². The first-order chi connectivity index (χ1) is 3.56. The Morgan fingerprint density at radius 1 is 1.25 bits per heavy atom. The molecule has 4 nitrogen and oxygen atoms in total. The molecule has 0 aromatic rings. The maximum absolute atomic E-state index is 9.64. The van der Waals surface area contributed by atoms with Crippen LogP contribution in [0.15, 0.2) is 0 Å². The van der Waals surface area contributed by atoms with Crippen LogP contribution < -0.4 is 34.6 Å². The van der Waals surface area contributed by atoms with Crippen molar-refractivity contribution in [2.75, 3.05) is 6.61 Å². The number of rotatable bonds is 3. The van der Waals surface area contributed by atoms with E-state index in [4.69, 9.17) is 0 Å². The number of hydrogen-bond acceptors (Lipinski definition) is 4. The molecule has 0 amide bonds. The van der Waals surface area contributed by atoms with E-state index in [0.29, 0.717) is 6.42 Å². The molecule has 0 spiro atoms. The zero-order chi connectivity index (χ0) is 6.62. The van der Waals surface area contributed by atoms with Crippen molar-refractivity contribution in [2.24, 2.45) is 0 Å². The van der Waals surface area contributed by atoms with Crippen molar-refractivity contribution in [3.63, 3.8) is 0 Å². The monoisotopic (exact) mass is 256 g/mol. The molecule has 0 rings (SSSR count). The molecule has 66 valence electrons. The molecule has 0 unspecified atom stereocenters. The van der Waals surface area contributed by atoms with Crippen LogP contribution in [0.2, 0.25) is 0 Å². The summed E-state index contributed by atoms with van der Waals surface area (Å²) in [6, 6.07) is 0. The first kappa shape index (κ1) is 29.2. The zero-order valence-electron chi connectivity index (χ0n) is 6.66. The van der Waals surface area contributed by atoms with Gasteiger partial charge < -0.3 is 43.7 Å². The second-order valence-electron chi connectivity index (χ2n) is 1.28. The van der Waals surface area contributed by atoms with Crippen LogP contribution in [0.5, 0.6) is 0 Å². The average Bonchev–Trinajstić information content (AvgIpc) is 1.59. The van der Waals surface area contributed by atoms with Gasteiger partial charge in [0.05, 0.1) is 14.4 Å². The molecule has 0 radical (unpaired) electrons. The van der Waals surface area contributed by atoms with Gasteiger partial charge in [0.15, 0.2) is 0 Å². The zero-order valence-corrected chi connectivity index (χ0v) is 11.9. The van der Waals surface area contributed by atoms with Crippen LogP contribution in [-0.4, -0.2) is 52.7 Å². The van der Waals surface area contributed by atoms with Gasteiger partial charge in [-0.3, -0.25) is 0 Å². The molecule has 0 fully saturated rings. The predicted molar refractivity (Wildman–Crippen MR) is 35.4 cm³/mol. The van der Waals surface area contributed by atoms with E-state index in [1.807, 2.05) is 0 Å². The molecule has 0 aliphatic rings. The van der Waals surface area contributed by atoms with Gasteiger partial charge in [-0.05, 0) is 6.42 Å². The second kappa shape index (κ2) is 15.7. The van der Waals surface area contributed by atoms with Crippen molar-refractivity contribution >= 4 is 53.9 Å². The first-order valence-electron chi connectivity index (χ1n) is 2.23. The SMILES string of the molecule is CCCOP(=O)([O-])[O-].[Cl-].[Cl-].[Mg+2].[Mg+2]. The molecule has 0 aliphatic carbocycles. The minimum atomic E-state index is -4.68. The average molecular weight is 258 g/mol. The largest absolute Gasteiger partial charge is 2.00 e. The summed E-state index contributed by atoms with van der Waals surface area (Å²) >= 11 is 0. The minimum Gasteiger partial charge on any atom is -1.00 e. The van der Waals surface area contributed by atoms with Crippen LogP contribution in [0.3, 0.4) is 0 Å². The Morgan fingerprint density at radius 2 is 1.58 bits per heavy atom.